The average Bonchev–Trinajstić information content (AvgIpc) is 3.85. The van der Waals surface area contributed by atoms with Gasteiger partial charge in [-0.1, -0.05) is 33.8 Å². The first kappa shape index (κ1) is 45.1. The normalized spacial score (nSPS) is 21.9. The average molecular weight is 871 g/mol. The number of carbonyl (C=O) groups excluding carboxylic acids is 4. The monoisotopic (exact) mass is 870 g/mol. The summed E-state index contributed by atoms with van der Waals surface area (Å²) in [4.78, 5) is 69.6. The smallest absolute Gasteiger partial charge is 0.324 e. The number of ether oxygens (including phenoxy) is 3. The lowest BCUT2D eigenvalue weighted by atomic mass is 9.84. The number of aryl methyl sites for hydroxylation is 1. The van der Waals surface area contributed by atoms with Crippen LogP contribution in [0.1, 0.15) is 83.7 Å². The number of thiazole rings is 1. The molecule has 15 nitrogen and oxygen atoms in total. The van der Waals surface area contributed by atoms with Gasteiger partial charge in [-0.2, -0.15) is 0 Å². The lowest BCUT2D eigenvalue weighted by Crippen LogP contribution is -2.63. The zero-order chi connectivity index (χ0) is 44.5. The van der Waals surface area contributed by atoms with E-state index in [1.54, 1.807) is 25.3 Å². The maximum absolute atomic E-state index is 14.6. The van der Waals surface area contributed by atoms with Crippen LogP contribution in [0.5, 0.6) is 0 Å². The number of amides is 4. The summed E-state index contributed by atoms with van der Waals surface area (Å²) in [5.41, 5.74) is 9.36. The zero-order valence-corrected chi connectivity index (χ0v) is 38.3. The second-order valence-corrected chi connectivity index (χ2v) is 18.9. The molecule has 0 unspecified atom stereocenters. The van der Waals surface area contributed by atoms with Crippen molar-refractivity contribution in [2.75, 3.05) is 47.1 Å². The molecule has 2 saturated heterocycles. The summed E-state index contributed by atoms with van der Waals surface area (Å²) in [7, 11) is 3.32. The van der Waals surface area contributed by atoms with E-state index in [0.717, 1.165) is 44.7 Å². The Bertz CT molecular complexity index is 2290. The van der Waals surface area contributed by atoms with Gasteiger partial charge in [0.1, 0.15) is 18.1 Å². The molecule has 2 N–H and O–H groups in total. The Hall–Kier alpha value is -4.90. The van der Waals surface area contributed by atoms with Crippen LogP contribution in [0.15, 0.2) is 41.9 Å². The van der Waals surface area contributed by atoms with E-state index in [1.807, 2.05) is 39.1 Å². The topological polar surface area (TPSA) is 160 Å². The number of nitrogens with one attached hydrogen (secondary N) is 2. The van der Waals surface area contributed by atoms with Crippen LogP contribution in [0.4, 0.5) is 4.79 Å². The van der Waals surface area contributed by atoms with Crippen LogP contribution in [-0.2, 0) is 48.0 Å². The quantitative estimate of drug-likeness (QED) is 0.201. The summed E-state index contributed by atoms with van der Waals surface area (Å²) >= 11 is 1.42. The molecule has 6 heterocycles. The van der Waals surface area contributed by atoms with E-state index in [4.69, 9.17) is 24.2 Å². The van der Waals surface area contributed by atoms with Crippen molar-refractivity contribution in [3.63, 3.8) is 0 Å². The Kier molecular flexibility index (Phi) is 13.7. The first-order valence-electron chi connectivity index (χ1n) is 21.9. The molecule has 0 aliphatic carbocycles. The fourth-order valence-electron chi connectivity index (χ4n) is 9.08. The van der Waals surface area contributed by atoms with Crippen molar-refractivity contribution in [2.24, 2.45) is 11.3 Å². The van der Waals surface area contributed by atoms with Gasteiger partial charge in [-0.25, -0.2) is 15.2 Å². The third kappa shape index (κ3) is 9.24. The number of benzene rings is 1. The first-order valence-corrected chi connectivity index (χ1v) is 22.7. The predicted molar refractivity (Wildman–Crippen MR) is 238 cm³/mol. The zero-order valence-electron chi connectivity index (χ0n) is 37.5. The summed E-state index contributed by atoms with van der Waals surface area (Å²) in [6.07, 6.45) is 3.28. The highest BCUT2D eigenvalue weighted by Gasteiger charge is 2.39. The summed E-state index contributed by atoms with van der Waals surface area (Å²) in [5.74, 6) is -1.56. The Labute approximate surface area is 368 Å². The SMILES string of the molecule is CCn1c(-c2cccnc2[C@H](C)OC)c2c3cc(ccc31)-c1csc(n1)C[C@H](NC(=O)[C@H](C(C)C)N(C)C(=O)N1CCOC[C@H]1C)C(=O)N1CCC[C@H](N1)C(=O)OCC(C)(C)C2. The number of aromatic nitrogens is 3. The fraction of sp³-hybridized carbons (Fsp3) is 0.565. The van der Waals surface area contributed by atoms with Crippen LogP contribution in [0.3, 0.4) is 0 Å². The van der Waals surface area contributed by atoms with Crippen LogP contribution >= 0.6 is 11.3 Å². The van der Waals surface area contributed by atoms with Gasteiger partial charge in [-0.15, -0.1) is 11.3 Å². The molecule has 4 amide bonds. The molecule has 3 aliphatic heterocycles. The number of rotatable bonds is 8. The van der Waals surface area contributed by atoms with Gasteiger partial charge in [0, 0.05) is 79.2 Å². The summed E-state index contributed by atoms with van der Waals surface area (Å²) in [6, 6.07) is 7.34. The van der Waals surface area contributed by atoms with Crippen molar-refractivity contribution >= 4 is 46.1 Å². The molecule has 5 atom stereocenters. The second-order valence-electron chi connectivity index (χ2n) is 18.0. The molecule has 3 aliphatic rings. The van der Waals surface area contributed by atoms with Crippen molar-refractivity contribution in [2.45, 2.75) is 111 Å². The van der Waals surface area contributed by atoms with Gasteiger partial charge in [-0.3, -0.25) is 24.4 Å². The fourth-order valence-corrected chi connectivity index (χ4v) is 9.93. The molecule has 3 aromatic heterocycles. The van der Waals surface area contributed by atoms with Gasteiger partial charge in [0.15, 0.2) is 0 Å². The first-order chi connectivity index (χ1) is 29.6. The highest BCUT2D eigenvalue weighted by Crippen LogP contribution is 2.42. The Morgan fingerprint density at radius 2 is 1.95 bits per heavy atom. The number of urea groups is 1. The molecule has 6 bridgehead atoms. The molecule has 16 heteroatoms. The van der Waals surface area contributed by atoms with E-state index in [-0.39, 0.29) is 37.1 Å². The van der Waals surface area contributed by atoms with E-state index >= 15 is 0 Å². The lowest BCUT2D eigenvalue weighted by Gasteiger charge is -2.40. The van der Waals surface area contributed by atoms with Crippen molar-refractivity contribution in [1.82, 2.24) is 40.1 Å². The molecule has 0 radical (unpaired) electrons. The van der Waals surface area contributed by atoms with Gasteiger partial charge in [-0.05, 0) is 75.8 Å². The number of cyclic esters (lactones) is 1. The van der Waals surface area contributed by atoms with E-state index in [9.17, 15) is 19.2 Å². The number of esters is 1. The maximum atomic E-state index is 14.6. The Balaban J connectivity index is 1.29. The highest BCUT2D eigenvalue weighted by molar-refractivity contribution is 7.10. The molecular weight excluding hydrogens is 809 g/mol. The number of pyridine rings is 1. The number of methoxy groups -OCH3 is 1. The minimum Gasteiger partial charge on any atom is -0.464 e. The predicted octanol–water partition coefficient (Wildman–Crippen LogP) is 6.00. The second kappa shape index (κ2) is 18.8. The molecular formula is C46H62N8O7S. The number of fused-ring (bicyclic) bond motifs is 6. The van der Waals surface area contributed by atoms with Gasteiger partial charge in [0.2, 0.25) is 5.91 Å². The molecule has 0 saturated carbocycles. The maximum Gasteiger partial charge on any atom is 0.324 e. The summed E-state index contributed by atoms with van der Waals surface area (Å²) < 4.78 is 19.8. The van der Waals surface area contributed by atoms with E-state index in [0.29, 0.717) is 57.1 Å². The highest BCUT2D eigenvalue weighted by atomic mass is 32.1. The Morgan fingerprint density at radius 1 is 1.16 bits per heavy atom. The Morgan fingerprint density at radius 3 is 2.68 bits per heavy atom. The van der Waals surface area contributed by atoms with Gasteiger partial charge < -0.3 is 33.9 Å². The number of carbonyl (C=O) groups is 4. The van der Waals surface area contributed by atoms with Crippen molar-refractivity contribution in [3.05, 3.63) is 58.2 Å². The summed E-state index contributed by atoms with van der Waals surface area (Å²) in [5, 5.41) is 8.18. The number of likely N-dealkylation sites (N-methyl/N-ethyl adjacent to an activating group) is 1. The largest absolute Gasteiger partial charge is 0.464 e. The van der Waals surface area contributed by atoms with Crippen molar-refractivity contribution < 1.29 is 33.4 Å². The minimum absolute atomic E-state index is 0.102. The van der Waals surface area contributed by atoms with Crippen molar-refractivity contribution in [1.29, 1.82) is 0 Å². The minimum atomic E-state index is -1.05. The third-order valence-corrected chi connectivity index (χ3v) is 13.3. The molecule has 1 aromatic carbocycles. The van der Waals surface area contributed by atoms with Gasteiger partial charge in [0.25, 0.3) is 5.91 Å². The molecule has 62 heavy (non-hydrogen) atoms. The van der Waals surface area contributed by atoms with Crippen LogP contribution in [0.2, 0.25) is 0 Å². The molecule has 4 aromatic rings. The molecule has 334 valence electrons. The number of hydrogen-bond acceptors (Lipinski definition) is 11. The van der Waals surface area contributed by atoms with Crippen molar-refractivity contribution in [3.8, 4) is 22.5 Å². The van der Waals surface area contributed by atoms with Crippen LogP contribution < -0.4 is 10.7 Å². The third-order valence-electron chi connectivity index (χ3n) is 12.4. The van der Waals surface area contributed by atoms with Gasteiger partial charge >= 0.3 is 12.0 Å². The van der Waals surface area contributed by atoms with Gasteiger partial charge in [0.05, 0.1) is 54.1 Å². The van der Waals surface area contributed by atoms with E-state index in [2.05, 4.69) is 60.3 Å². The standard InChI is InChI=1S/C46H62N8O7S/c1-10-52-37-16-15-30-21-32(37)33(41(52)31-13-11-17-47-39(31)29(5)59-9)23-46(6,7)26-61-44(57)34-14-12-18-54(50-34)43(56)35(22-38-48-36(30)25-62-38)49-42(55)40(27(2)3)51(8)45(58)53-19-20-60-24-28(53)4/h11,13,15-17,21,25,27-29,34-35,40,50H,10,12,14,18-20,22-24,26H2,1-9H3,(H,49,55)/t28-,29+,34+,35+,40+/m1/s1. The van der Waals surface area contributed by atoms with Crippen LogP contribution in [0, 0.1) is 11.3 Å². The molecule has 7 rings (SSSR count). The number of nitrogens with zero attached hydrogens (tertiary/aromatic N) is 6. The summed E-state index contributed by atoms with van der Waals surface area (Å²) in [6.45, 7) is 16.5. The van der Waals surface area contributed by atoms with E-state index in [1.165, 1.54) is 21.2 Å². The van der Waals surface area contributed by atoms with Crippen LogP contribution in [0.25, 0.3) is 33.4 Å². The van der Waals surface area contributed by atoms with Crippen LogP contribution in [-0.4, -0.2) is 124 Å². The number of hydrogen-bond donors (Lipinski definition) is 2. The number of hydrazine groups is 1. The lowest BCUT2D eigenvalue weighted by molar-refractivity contribution is -0.155. The molecule has 0 spiro atoms. The van der Waals surface area contributed by atoms with E-state index < -0.39 is 41.3 Å². The molecule has 2 fully saturated rings. The number of morpholine rings is 1.